The Balaban J connectivity index is 1.78. The third kappa shape index (κ3) is 3.60. The van der Waals surface area contributed by atoms with Crippen molar-refractivity contribution in [2.24, 2.45) is 0 Å². The van der Waals surface area contributed by atoms with Gasteiger partial charge in [0.25, 0.3) is 0 Å². The van der Waals surface area contributed by atoms with Crippen LogP contribution in [0.1, 0.15) is 11.3 Å². The van der Waals surface area contributed by atoms with Crippen molar-refractivity contribution in [3.05, 3.63) is 53.7 Å². The van der Waals surface area contributed by atoms with Gasteiger partial charge in [-0.3, -0.25) is 4.79 Å². The van der Waals surface area contributed by atoms with Crippen molar-refractivity contribution in [1.29, 1.82) is 0 Å². The predicted octanol–water partition coefficient (Wildman–Crippen LogP) is 3.73. The number of nitrogens with one attached hydrogen (secondary N) is 2. The van der Waals surface area contributed by atoms with E-state index in [4.69, 9.17) is 4.74 Å². The standard InChI is InChI=1S/C20H23N3O2/c1-13-17(18-11-16(25-4)9-10-19(18)21-13)12-20(24)22-14-5-7-15(8-6-14)23(2)3/h5-11,21H,12H2,1-4H3,(H,22,24). The molecule has 2 aromatic carbocycles. The van der Waals surface area contributed by atoms with Crippen LogP contribution in [0.4, 0.5) is 11.4 Å². The predicted molar refractivity (Wildman–Crippen MR) is 103 cm³/mol. The third-order valence-electron chi connectivity index (χ3n) is 4.33. The summed E-state index contributed by atoms with van der Waals surface area (Å²) in [6.45, 7) is 1.99. The summed E-state index contributed by atoms with van der Waals surface area (Å²) in [4.78, 5) is 17.8. The number of aryl methyl sites for hydroxylation is 1. The molecule has 5 heteroatoms. The highest BCUT2D eigenvalue weighted by atomic mass is 16.5. The van der Waals surface area contributed by atoms with E-state index in [1.54, 1.807) is 7.11 Å². The summed E-state index contributed by atoms with van der Waals surface area (Å²) in [5.74, 6) is 0.747. The number of anilines is 2. The van der Waals surface area contributed by atoms with Crippen LogP contribution in [0.3, 0.4) is 0 Å². The van der Waals surface area contributed by atoms with Crippen LogP contribution in [0.2, 0.25) is 0 Å². The van der Waals surface area contributed by atoms with Gasteiger partial charge >= 0.3 is 0 Å². The molecule has 130 valence electrons. The van der Waals surface area contributed by atoms with Crippen LogP contribution >= 0.6 is 0 Å². The molecule has 0 radical (unpaired) electrons. The van der Waals surface area contributed by atoms with Crippen LogP contribution in [-0.2, 0) is 11.2 Å². The first-order valence-corrected chi connectivity index (χ1v) is 8.20. The van der Waals surface area contributed by atoms with Crippen molar-refractivity contribution in [3.8, 4) is 5.75 Å². The van der Waals surface area contributed by atoms with E-state index in [1.165, 1.54) is 0 Å². The molecule has 0 saturated heterocycles. The van der Waals surface area contributed by atoms with Gasteiger partial charge in [0.2, 0.25) is 5.91 Å². The molecule has 3 aromatic rings. The number of fused-ring (bicyclic) bond motifs is 1. The van der Waals surface area contributed by atoms with Gasteiger partial charge in [0.15, 0.2) is 0 Å². The Kier molecular flexibility index (Phi) is 4.65. The number of aromatic nitrogens is 1. The van der Waals surface area contributed by atoms with Crippen molar-refractivity contribution in [1.82, 2.24) is 4.98 Å². The summed E-state index contributed by atoms with van der Waals surface area (Å²) in [5.41, 5.74) is 4.90. The fourth-order valence-electron chi connectivity index (χ4n) is 2.92. The summed E-state index contributed by atoms with van der Waals surface area (Å²) in [7, 11) is 5.62. The number of methoxy groups -OCH3 is 1. The minimum atomic E-state index is -0.0376. The minimum absolute atomic E-state index is 0.0376. The van der Waals surface area contributed by atoms with Gasteiger partial charge in [0.05, 0.1) is 13.5 Å². The number of benzene rings is 2. The molecule has 5 nitrogen and oxygen atoms in total. The Morgan fingerprint density at radius 2 is 1.88 bits per heavy atom. The molecule has 0 bridgehead atoms. The van der Waals surface area contributed by atoms with Crippen LogP contribution < -0.4 is 15.0 Å². The highest BCUT2D eigenvalue weighted by Gasteiger charge is 2.13. The molecule has 0 aliphatic carbocycles. The van der Waals surface area contributed by atoms with Gasteiger partial charge in [0.1, 0.15) is 5.75 Å². The smallest absolute Gasteiger partial charge is 0.228 e. The molecular formula is C20H23N3O2. The molecule has 1 heterocycles. The molecular weight excluding hydrogens is 314 g/mol. The molecule has 0 spiro atoms. The summed E-state index contributed by atoms with van der Waals surface area (Å²) < 4.78 is 5.30. The third-order valence-corrected chi connectivity index (χ3v) is 4.33. The highest BCUT2D eigenvalue weighted by Crippen LogP contribution is 2.27. The van der Waals surface area contributed by atoms with Crippen LogP contribution in [0, 0.1) is 6.92 Å². The molecule has 25 heavy (non-hydrogen) atoms. The number of hydrogen-bond donors (Lipinski definition) is 2. The zero-order valence-corrected chi connectivity index (χ0v) is 15.0. The van der Waals surface area contributed by atoms with Gasteiger partial charge in [-0.05, 0) is 55.0 Å². The SMILES string of the molecule is COc1ccc2[nH]c(C)c(CC(=O)Nc3ccc(N(C)C)cc3)c2c1. The lowest BCUT2D eigenvalue weighted by atomic mass is 10.1. The van der Waals surface area contributed by atoms with Gasteiger partial charge in [-0.2, -0.15) is 0 Å². The molecule has 2 N–H and O–H groups in total. The van der Waals surface area contributed by atoms with Crippen molar-refractivity contribution in [2.75, 3.05) is 31.4 Å². The number of carbonyl (C=O) groups excluding carboxylic acids is 1. The van der Waals surface area contributed by atoms with Gasteiger partial charge in [-0.1, -0.05) is 0 Å². The molecule has 0 saturated carbocycles. The van der Waals surface area contributed by atoms with Crippen molar-refractivity contribution >= 4 is 28.2 Å². The monoisotopic (exact) mass is 337 g/mol. The van der Waals surface area contributed by atoms with Crippen LogP contribution in [-0.4, -0.2) is 32.1 Å². The topological polar surface area (TPSA) is 57.4 Å². The van der Waals surface area contributed by atoms with Crippen molar-refractivity contribution in [2.45, 2.75) is 13.3 Å². The second-order valence-electron chi connectivity index (χ2n) is 6.31. The van der Waals surface area contributed by atoms with E-state index in [0.29, 0.717) is 6.42 Å². The van der Waals surface area contributed by atoms with Gasteiger partial charge < -0.3 is 19.9 Å². The molecule has 0 atom stereocenters. The fourth-order valence-corrected chi connectivity index (χ4v) is 2.92. The number of carbonyl (C=O) groups is 1. The number of aromatic amines is 1. The zero-order chi connectivity index (χ0) is 18.0. The average Bonchev–Trinajstić information content (AvgIpc) is 2.90. The van der Waals surface area contributed by atoms with E-state index in [-0.39, 0.29) is 5.91 Å². The largest absolute Gasteiger partial charge is 0.497 e. The van der Waals surface area contributed by atoms with E-state index < -0.39 is 0 Å². The van der Waals surface area contributed by atoms with Gasteiger partial charge in [-0.25, -0.2) is 0 Å². The Morgan fingerprint density at radius 1 is 1.16 bits per heavy atom. The number of H-pyrrole nitrogens is 1. The second-order valence-corrected chi connectivity index (χ2v) is 6.31. The average molecular weight is 337 g/mol. The zero-order valence-electron chi connectivity index (χ0n) is 15.0. The summed E-state index contributed by atoms with van der Waals surface area (Å²) >= 11 is 0. The van der Waals surface area contributed by atoms with E-state index >= 15 is 0 Å². The number of rotatable bonds is 5. The first-order valence-electron chi connectivity index (χ1n) is 8.20. The van der Waals surface area contributed by atoms with E-state index in [2.05, 4.69) is 10.3 Å². The second kappa shape index (κ2) is 6.89. The first-order chi connectivity index (χ1) is 12.0. The summed E-state index contributed by atoms with van der Waals surface area (Å²) in [6, 6.07) is 13.6. The molecule has 0 aliphatic heterocycles. The Hall–Kier alpha value is -2.95. The van der Waals surface area contributed by atoms with Crippen molar-refractivity contribution in [3.63, 3.8) is 0 Å². The van der Waals surface area contributed by atoms with Gasteiger partial charge in [-0.15, -0.1) is 0 Å². The molecule has 0 unspecified atom stereocenters. The van der Waals surface area contributed by atoms with Gasteiger partial charge in [0, 0.05) is 42.1 Å². The maximum Gasteiger partial charge on any atom is 0.228 e. The number of nitrogens with zero attached hydrogens (tertiary/aromatic N) is 1. The normalized spacial score (nSPS) is 10.7. The Morgan fingerprint density at radius 3 is 2.52 bits per heavy atom. The lowest BCUT2D eigenvalue weighted by Crippen LogP contribution is -2.15. The minimum Gasteiger partial charge on any atom is -0.497 e. The molecule has 1 amide bonds. The van der Waals surface area contributed by atoms with E-state index in [9.17, 15) is 4.79 Å². The summed E-state index contributed by atoms with van der Waals surface area (Å²) in [5, 5.41) is 3.99. The highest BCUT2D eigenvalue weighted by molar-refractivity contribution is 5.96. The van der Waals surface area contributed by atoms with Crippen molar-refractivity contribution < 1.29 is 9.53 Å². The molecule has 0 fully saturated rings. The Labute approximate surface area is 147 Å². The van der Waals surface area contributed by atoms with Crippen LogP contribution in [0.25, 0.3) is 10.9 Å². The van der Waals surface area contributed by atoms with Crippen LogP contribution in [0.15, 0.2) is 42.5 Å². The van der Waals surface area contributed by atoms with E-state index in [0.717, 1.165) is 39.3 Å². The molecule has 0 aliphatic rings. The Bertz CT molecular complexity index is 895. The maximum atomic E-state index is 12.5. The molecule has 1 aromatic heterocycles. The number of hydrogen-bond acceptors (Lipinski definition) is 3. The number of ether oxygens (including phenoxy) is 1. The fraction of sp³-hybridized carbons (Fsp3) is 0.250. The lowest BCUT2D eigenvalue weighted by molar-refractivity contribution is -0.115. The lowest BCUT2D eigenvalue weighted by Gasteiger charge is -2.13. The first kappa shape index (κ1) is 16.9. The maximum absolute atomic E-state index is 12.5. The van der Waals surface area contributed by atoms with E-state index in [1.807, 2.05) is 68.4 Å². The van der Waals surface area contributed by atoms with Crippen LogP contribution in [0.5, 0.6) is 5.75 Å². The quantitative estimate of drug-likeness (QED) is 0.746. The molecule has 3 rings (SSSR count). The number of amides is 1. The summed E-state index contributed by atoms with van der Waals surface area (Å²) in [6.07, 6.45) is 0.314.